The Kier molecular flexibility index (Phi) is 8.03. The largest absolute Gasteiger partial charge is 0.352 e. The highest BCUT2D eigenvalue weighted by atomic mass is 16.2. The lowest BCUT2D eigenvalue weighted by atomic mass is 9.96. The van der Waals surface area contributed by atoms with E-state index in [1.165, 1.54) is 11.1 Å². The van der Waals surface area contributed by atoms with Crippen molar-refractivity contribution in [2.75, 3.05) is 58.9 Å². The number of hydrogen-bond acceptors (Lipinski definition) is 4. The number of likely N-dealkylation sites (N-methyl/N-ethyl adjacent to an activating group) is 1. The fourth-order valence-corrected chi connectivity index (χ4v) is 5.16. The molecule has 1 aromatic rings. The maximum atomic E-state index is 12.8. The van der Waals surface area contributed by atoms with Crippen LogP contribution in [-0.2, 0) is 17.9 Å². The van der Waals surface area contributed by atoms with Crippen LogP contribution in [0, 0.1) is 5.92 Å². The Morgan fingerprint density at radius 2 is 1.44 bits per heavy atom. The number of carbonyl (C=O) groups excluding carboxylic acids is 2. The van der Waals surface area contributed by atoms with Crippen LogP contribution in [0.25, 0.3) is 0 Å². The highest BCUT2D eigenvalue weighted by Gasteiger charge is 2.30. The van der Waals surface area contributed by atoms with E-state index in [1.807, 2.05) is 9.80 Å². The summed E-state index contributed by atoms with van der Waals surface area (Å²) in [6, 6.07) is 8.64. The van der Waals surface area contributed by atoms with Crippen LogP contribution in [0.2, 0.25) is 0 Å². The number of piperidine rings is 1. The molecule has 0 aromatic heterocycles. The van der Waals surface area contributed by atoms with Crippen LogP contribution in [-0.4, -0.2) is 90.4 Å². The highest BCUT2D eigenvalue weighted by molar-refractivity contribution is 5.79. The quantitative estimate of drug-likeness (QED) is 0.736. The first-order valence-corrected chi connectivity index (χ1v) is 12.5. The number of nitrogens with zero attached hydrogens (tertiary/aromatic N) is 4. The third-order valence-corrected chi connectivity index (χ3v) is 7.39. The average molecular weight is 442 g/mol. The maximum absolute atomic E-state index is 12.8. The van der Waals surface area contributed by atoms with E-state index in [-0.39, 0.29) is 17.9 Å². The second kappa shape index (κ2) is 11.1. The zero-order valence-electron chi connectivity index (χ0n) is 19.6. The number of urea groups is 1. The Morgan fingerprint density at radius 1 is 0.844 bits per heavy atom. The first-order valence-electron chi connectivity index (χ1n) is 12.5. The van der Waals surface area contributed by atoms with E-state index >= 15 is 0 Å². The summed E-state index contributed by atoms with van der Waals surface area (Å²) in [5.74, 6) is 0.136. The van der Waals surface area contributed by atoms with Crippen LogP contribution in [0.4, 0.5) is 4.79 Å². The minimum Gasteiger partial charge on any atom is -0.352 e. The topological polar surface area (TPSA) is 59.1 Å². The van der Waals surface area contributed by atoms with Gasteiger partial charge in [0.1, 0.15) is 0 Å². The van der Waals surface area contributed by atoms with Gasteiger partial charge in [0, 0.05) is 71.4 Å². The van der Waals surface area contributed by atoms with Gasteiger partial charge in [0.05, 0.1) is 0 Å². The number of likely N-dealkylation sites (tertiary alicyclic amines) is 2. The Morgan fingerprint density at radius 3 is 2.09 bits per heavy atom. The molecule has 0 atom stereocenters. The van der Waals surface area contributed by atoms with Gasteiger partial charge < -0.3 is 20.0 Å². The Labute approximate surface area is 192 Å². The zero-order chi connectivity index (χ0) is 22.3. The minimum atomic E-state index is 0.00640. The van der Waals surface area contributed by atoms with E-state index in [0.29, 0.717) is 19.6 Å². The normalized spacial score (nSPS) is 21.2. The predicted molar refractivity (Wildman–Crippen MR) is 126 cm³/mol. The summed E-state index contributed by atoms with van der Waals surface area (Å²) < 4.78 is 0. The lowest BCUT2D eigenvalue weighted by Gasteiger charge is -2.34. The maximum Gasteiger partial charge on any atom is 0.319 e. The average Bonchev–Trinajstić information content (AvgIpc) is 3.38. The molecule has 0 unspecified atom stereocenters. The molecule has 0 bridgehead atoms. The van der Waals surface area contributed by atoms with Gasteiger partial charge >= 0.3 is 6.03 Å². The summed E-state index contributed by atoms with van der Waals surface area (Å²) in [4.78, 5) is 34.3. The van der Waals surface area contributed by atoms with Crippen molar-refractivity contribution in [2.24, 2.45) is 5.92 Å². The van der Waals surface area contributed by atoms with Gasteiger partial charge in [0.25, 0.3) is 0 Å². The van der Waals surface area contributed by atoms with Crippen LogP contribution >= 0.6 is 0 Å². The van der Waals surface area contributed by atoms with E-state index in [2.05, 4.69) is 46.3 Å². The van der Waals surface area contributed by atoms with E-state index in [9.17, 15) is 9.59 Å². The van der Waals surface area contributed by atoms with E-state index in [4.69, 9.17) is 0 Å². The van der Waals surface area contributed by atoms with Crippen molar-refractivity contribution in [1.29, 1.82) is 0 Å². The van der Waals surface area contributed by atoms with Crippen molar-refractivity contribution in [1.82, 2.24) is 24.9 Å². The summed E-state index contributed by atoms with van der Waals surface area (Å²) in [7, 11) is 0. The van der Waals surface area contributed by atoms with Gasteiger partial charge in [-0.15, -0.1) is 0 Å². The Balaban J connectivity index is 1.23. The monoisotopic (exact) mass is 441 g/mol. The zero-order valence-corrected chi connectivity index (χ0v) is 19.6. The molecule has 3 heterocycles. The van der Waals surface area contributed by atoms with E-state index in [0.717, 1.165) is 78.0 Å². The number of rotatable bonds is 6. The van der Waals surface area contributed by atoms with Crippen LogP contribution in [0.1, 0.15) is 43.7 Å². The number of piperazine rings is 1. The molecule has 3 aliphatic heterocycles. The van der Waals surface area contributed by atoms with Crippen molar-refractivity contribution in [3.05, 3.63) is 35.4 Å². The van der Waals surface area contributed by atoms with Crippen molar-refractivity contribution < 1.29 is 9.59 Å². The van der Waals surface area contributed by atoms with Gasteiger partial charge in [-0.1, -0.05) is 31.2 Å². The third-order valence-electron chi connectivity index (χ3n) is 7.39. The molecule has 3 fully saturated rings. The van der Waals surface area contributed by atoms with Crippen LogP contribution < -0.4 is 5.32 Å². The molecule has 4 rings (SSSR count). The third kappa shape index (κ3) is 5.81. The van der Waals surface area contributed by atoms with Crippen LogP contribution in [0.3, 0.4) is 0 Å². The van der Waals surface area contributed by atoms with Gasteiger partial charge in [-0.25, -0.2) is 4.79 Å². The Hall–Kier alpha value is -2.12. The molecule has 7 nitrogen and oxygen atoms in total. The first-order chi connectivity index (χ1) is 15.6. The minimum absolute atomic E-state index is 0.00640. The molecule has 3 amide bonds. The molecule has 0 saturated carbocycles. The first kappa shape index (κ1) is 23.1. The van der Waals surface area contributed by atoms with Gasteiger partial charge in [0.2, 0.25) is 5.91 Å². The standard InChI is InChI=1S/C25H39N5O2/c1-2-27-15-17-28(18-16-27)20-23-8-4-3-7-22(23)19-26-24(31)21-9-13-30(14-10-21)25(32)29-11-5-6-12-29/h3-4,7-8,21H,2,5-6,9-20H2,1H3,(H,26,31). The molecule has 176 valence electrons. The molecular formula is C25H39N5O2. The van der Waals surface area contributed by atoms with E-state index < -0.39 is 0 Å². The van der Waals surface area contributed by atoms with Crippen molar-refractivity contribution in [3.63, 3.8) is 0 Å². The van der Waals surface area contributed by atoms with Gasteiger partial charge in [-0.3, -0.25) is 9.69 Å². The summed E-state index contributed by atoms with van der Waals surface area (Å²) in [5, 5.41) is 3.18. The molecule has 0 spiro atoms. The van der Waals surface area contributed by atoms with Crippen molar-refractivity contribution in [2.45, 2.75) is 45.7 Å². The lowest BCUT2D eigenvalue weighted by molar-refractivity contribution is -0.126. The number of amides is 3. The molecular weight excluding hydrogens is 402 g/mol. The number of nitrogens with one attached hydrogen (secondary N) is 1. The predicted octanol–water partition coefficient (Wildman–Crippen LogP) is 2.37. The summed E-state index contributed by atoms with van der Waals surface area (Å²) in [6.07, 6.45) is 3.74. The van der Waals surface area contributed by atoms with E-state index in [1.54, 1.807) is 0 Å². The summed E-state index contributed by atoms with van der Waals surface area (Å²) in [6.45, 7) is 12.5. The van der Waals surface area contributed by atoms with Crippen LogP contribution in [0.15, 0.2) is 24.3 Å². The molecule has 1 N–H and O–H groups in total. The molecule has 0 radical (unpaired) electrons. The summed E-state index contributed by atoms with van der Waals surface area (Å²) >= 11 is 0. The van der Waals surface area contributed by atoms with Gasteiger partial charge in [-0.2, -0.15) is 0 Å². The second-order valence-electron chi connectivity index (χ2n) is 9.43. The van der Waals surface area contributed by atoms with Crippen molar-refractivity contribution in [3.8, 4) is 0 Å². The fourth-order valence-electron chi connectivity index (χ4n) is 5.16. The fraction of sp³-hybridized carbons (Fsp3) is 0.680. The lowest BCUT2D eigenvalue weighted by Crippen LogP contribution is -2.47. The highest BCUT2D eigenvalue weighted by Crippen LogP contribution is 2.21. The molecule has 1 aromatic carbocycles. The summed E-state index contributed by atoms with van der Waals surface area (Å²) in [5.41, 5.74) is 2.52. The van der Waals surface area contributed by atoms with Crippen LogP contribution in [0.5, 0.6) is 0 Å². The van der Waals surface area contributed by atoms with Gasteiger partial charge in [0.15, 0.2) is 0 Å². The molecule has 0 aliphatic carbocycles. The smallest absolute Gasteiger partial charge is 0.319 e. The van der Waals surface area contributed by atoms with Crippen molar-refractivity contribution >= 4 is 11.9 Å². The molecule has 7 heteroatoms. The Bertz CT molecular complexity index is 763. The number of hydrogen-bond donors (Lipinski definition) is 1. The number of benzene rings is 1. The SMILES string of the molecule is CCN1CCN(Cc2ccccc2CNC(=O)C2CCN(C(=O)N3CCCC3)CC2)CC1. The number of carbonyl (C=O) groups is 2. The molecule has 32 heavy (non-hydrogen) atoms. The molecule has 3 saturated heterocycles. The van der Waals surface area contributed by atoms with Gasteiger partial charge in [-0.05, 0) is 43.4 Å². The molecule has 3 aliphatic rings. The second-order valence-corrected chi connectivity index (χ2v) is 9.43.